The lowest BCUT2D eigenvalue weighted by Crippen LogP contribution is -2.31. The number of hydrogen-bond acceptors (Lipinski definition) is 2. The minimum atomic E-state index is -0.0476. The largest absolute Gasteiger partial charge is 0.491 e. The Kier molecular flexibility index (Phi) is 5.01. The first-order valence-corrected chi connectivity index (χ1v) is 6.10. The molecular formula is C14H21NO2. The number of ether oxygens (including phenoxy) is 1. The van der Waals surface area contributed by atoms with Crippen LogP contribution < -0.4 is 10.1 Å². The number of hydrogen-bond donors (Lipinski definition) is 1. The van der Waals surface area contributed by atoms with E-state index in [9.17, 15) is 4.79 Å². The number of nitrogens with one attached hydrogen (secondary N) is 1. The molecule has 0 aromatic heterocycles. The summed E-state index contributed by atoms with van der Waals surface area (Å²) in [5, 5.41) is 2.93. The van der Waals surface area contributed by atoms with Crippen molar-refractivity contribution in [2.75, 3.05) is 0 Å². The molecule has 0 radical (unpaired) electrons. The topological polar surface area (TPSA) is 38.3 Å². The third-order valence-electron chi connectivity index (χ3n) is 2.46. The quantitative estimate of drug-likeness (QED) is 0.852. The number of benzene rings is 1. The smallest absolute Gasteiger partial charge is 0.251 e. The maximum Gasteiger partial charge on any atom is 0.251 e. The molecule has 3 heteroatoms. The van der Waals surface area contributed by atoms with E-state index in [1.165, 1.54) is 0 Å². The molecule has 0 bridgehead atoms. The number of amides is 1. The van der Waals surface area contributed by atoms with E-state index in [2.05, 4.69) is 5.32 Å². The van der Waals surface area contributed by atoms with Gasteiger partial charge in [0.25, 0.3) is 5.91 Å². The Labute approximate surface area is 103 Å². The molecule has 1 aromatic rings. The van der Waals surface area contributed by atoms with Crippen molar-refractivity contribution in [1.82, 2.24) is 5.32 Å². The molecule has 0 unspecified atom stereocenters. The molecule has 1 N–H and O–H groups in total. The van der Waals surface area contributed by atoms with Crippen molar-refractivity contribution >= 4 is 5.91 Å². The first-order chi connectivity index (χ1) is 8.02. The van der Waals surface area contributed by atoms with Gasteiger partial charge in [-0.3, -0.25) is 4.79 Å². The Morgan fingerprint density at radius 1 is 1.35 bits per heavy atom. The Hall–Kier alpha value is -1.51. The van der Waals surface area contributed by atoms with Crippen molar-refractivity contribution in [3.05, 3.63) is 29.8 Å². The Morgan fingerprint density at radius 2 is 2.06 bits per heavy atom. The fourth-order valence-electron chi connectivity index (χ4n) is 1.39. The van der Waals surface area contributed by atoms with Gasteiger partial charge >= 0.3 is 0 Å². The number of carbonyl (C=O) groups is 1. The van der Waals surface area contributed by atoms with Crippen LogP contribution in [-0.4, -0.2) is 18.1 Å². The van der Waals surface area contributed by atoms with Crippen LogP contribution in [0.4, 0.5) is 0 Å². The van der Waals surface area contributed by atoms with Crippen molar-refractivity contribution in [3.63, 3.8) is 0 Å². The zero-order chi connectivity index (χ0) is 12.8. The van der Waals surface area contributed by atoms with Crippen LogP contribution in [0.1, 0.15) is 44.5 Å². The van der Waals surface area contributed by atoms with Crippen molar-refractivity contribution in [3.8, 4) is 5.75 Å². The highest BCUT2D eigenvalue weighted by molar-refractivity contribution is 5.94. The van der Waals surface area contributed by atoms with Crippen molar-refractivity contribution in [2.24, 2.45) is 0 Å². The maximum absolute atomic E-state index is 11.9. The monoisotopic (exact) mass is 235 g/mol. The molecule has 3 nitrogen and oxygen atoms in total. The molecule has 0 aliphatic rings. The molecule has 0 saturated carbocycles. The van der Waals surface area contributed by atoms with E-state index in [-0.39, 0.29) is 18.1 Å². The van der Waals surface area contributed by atoms with Crippen LogP contribution in [0.5, 0.6) is 5.75 Å². The predicted molar refractivity (Wildman–Crippen MR) is 69.4 cm³/mol. The number of rotatable bonds is 5. The molecule has 0 aliphatic heterocycles. The van der Waals surface area contributed by atoms with E-state index in [0.29, 0.717) is 5.56 Å². The van der Waals surface area contributed by atoms with Crippen LogP contribution in [0.15, 0.2) is 24.3 Å². The average molecular weight is 235 g/mol. The molecule has 94 valence electrons. The first kappa shape index (κ1) is 13.6. The van der Waals surface area contributed by atoms with E-state index >= 15 is 0 Å². The molecule has 1 atom stereocenters. The molecule has 0 saturated heterocycles. The van der Waals surface area contributed by atoms with Gasteiger partial charge in [-0.25, -0.2) is 0 Å². The fraction of sp³-hybridized carbons (Fsp3) is 0.500. The van der Waals surface area contributed by atoms with Gasteiger partial charge in [0, 0.05) is 11.6 Å². The molecule has 0 fully saturated rings. The van der Waals surface area contributed by atoms with Gasteiger partial charge in [0.15, 0.2) is 0 Å². The molecule has 0 spiro atoms. The second-order valence-electron chi connectivity index (χ2n) is 4.48. The Bertz CT molecular complexity index is 374. The molecule has 1 amide bonds. The van der Waals surface area contributed by atoms with Gasteiger partial charge in [-0.2, -0.15) is 0 Å². The zero-order valence-electron chi connectivity index (χ0n) is 11.0. The normalized spacial score (nSPS) is 12.3. The van der Waals surface area contributed by atoms with Gasteiger partial charge in [-0.15, -0.1) is 0 Å². The van der Waals surface area contributed by atoms with Crippen LogP contribution in [0.25, 0.3) is 0 Å². The van der Waals surface area contributed by atoms with Crippen molar-refractivity contribution in [2.45, 2.75) is 46.3 Å². The van der Waals surface area contributed by atoms with Crippen LogP contribution in [0.2, 0.25) is 0 Å². The van der Waals surface area contributed by atoms with Crippen LogP contribution in [0, 0.1) is 0 Å². The Balaban J connectivity index is 2.73. The maximum atomic E-state index is 11.9. The third-order valence-corrected chi connectivity index (χ3v) is 2.46. The van der Waals surface area contributed by atoms with Gasteiger partial charge < -0.3 is 10.1 Å². The van der Waals surface area contributed by atoms with Gasteiger partial charge in [-0.05, 0) is 45.4 Å². The standard InChI is InChI=1S/C14H21NO2/c1-5-11(4)15-14(16)12-7-6-8-13(9-12)17-10(2)3/h6-11H,5H2,1-4H3,(H,15,16)/t11-/m0/s1. The number of carbonyl (C=O) groups excluding carboxylic acids is 1. The summed E-state index contributed by atoms with van der Waals surface area (Å²) < 4.78 is 5.56. The lowest BCUT2D eigenvalue weighted by atomic mass is 10.1. The summed E-state index contributed by atoms with van der Waals surface area (Å²) in [4.78, 5) is 11.9. The summed E-state index contributed by atoms with van der Waals surface area (Å²) in [6.07, 6.45) is 1.04. The zero-order valence-corrected chi connectivity index (χ0v) is 11.0. The average Bonchev–Trinajstić information content (AvgIpc) is 2.28. The van der Waals surface area contributed by atoms with E-state index in [1.807, 2.05) is 39.8 Å². The van der Waals surface area contributed by atoms with Crippen molar-refractivity contribution in [1.29, 1.82) is 0 Å². The lowest BCUT2D eigenvalue weighted by molar-refractivity contribution is 0.0938. The second kappa shape index (κ2) is 6.28. The molecular weight excluding hydrogens is 214 g/mol. The minimum absolute atomic E-state index is 0.0476. The van der Waals surface area contributed by atoms with E-state index < -0.39 is 0 Å². The summed E-state index contributed by atoms with van der Waals surface area (Å²) in [5.41, 5.74) is 0.642. The summed E-state index contributed by atoms with van der Waals surface area (Å²) >= 11 is 0. The van der Waals surface area contributed by atoms with Crippen LogP contribution in [0.3, 0.4) is 0 Å². The molecule has 0 aliphatic carbocycles. The Morgan fingerprint density at radius 3 is 2.65 bits per heavy atom. The van der Waals surface area contributed by atoms with E-state index in [0.717, 1.165) is 12.2 Å². The minimum Gasteiger partial charge on any atom is -0.491 e. The lowest BCUT2D eigenvalue weighted by Gasteiger charge is -2.13. The first-order valence-electron chi connectivity index (χ1n) is 6.10. The molecule has 17 heavy (non-hydrogen) atoms. The molecule has 1 rings (SSSR count). The molecule has 0 heterocycles. The highest BCUT2D eigenvalue weighted by Gasteiger charge is 2.09. The van der Waals surface area contributed by atoms with Gasteiger partial charge in [0.1, 0.15) is 5.75 Å². The van der Waals surface area contributed by atoms with Crippen LogP contribution in [-0.2, 0) is 0 Å². The summed E-state index contributed by atoms with van der Waals surface area (Å²) in [7, 11) is 0. The van der Waals surface area contributed by atoms with Gasteiger partial charge in [0.2, 0.25) is 0 Å². The predicted octanol–water partition coefficient (Wildman–Crippen LogP) is 3.00. The summed E-state index contributed by atoms with van der Waals surface area (Å²) in [6, 6.07) is 7.46. The molecule has 1 aromatic carbocycles. The summed E-state index contributed by atoms with van der Waals surface area (Å²) in [6.45, 7) is 7.97. The van der Waals surface area contributed by atoms with Gasteiger partial charge in [-0.1, -0.05) is 13.0 Å². The van der Waals surface area contributed by atoms with Crippen molar-refractivity contribution < 1.29 is 9.53 Å². The SMILES string of the molecule is CC[C@H](C)NC(=O)c1cccc(OC(C)C)c1. The highest BCUT2D eigenvalue weighted by Crippen LogP contribution is 2.15. The highest BCUT2D eigenvalue weighted by atomic mass is 16.5. The van der Waals surface area contributed by atoms with E-state index in [4.69, 9.17) is 4.74 Å². The fourth-order valence-corrected chi connectivity index (χ4v) is 1.39. The summed E-state index contributed by atoms with van der Waals surface area (Å²) in [5.74, 6) is 0.686. The van der Waals surface area contributed by atoms with Gasteiger partial charge in [0.05, 0.1) is 6.10 Å². The third kappa shape index (κ3) is 4.47. The van der Waals surface area contributed by atoms with Crippen LogP contribution >= 0.6 is 0 Å². The van der Waals surface area contributed by atoms with E-state index in [1.54, 1.807) is 12.1 Å². The second-order valence-corrected chi connectivity index (χ2v) is 4.48.